The predicted octanol–water partition coefficient (Wildman–Crippen LogP) is 1.51. The fourth-order valence-corrected chi connectivity index (χ4v) is 2.55. The van der Waals surface area contributed by atoms with E-state index in [0.717, 1.165) is 6.42 Å². The molecule has 23 heavy (non-hydrogen) atoms. The van der Waals surface area contributed by atoms with Gasteiger partial charge in [0.05, 0.1) is 26.7 Å². The van der Waals surface area contributed by atoms with Gasteiger partial charge in [0.1, 0.15) is 6.10 Å². The van der Waals surface area contributed by atoms with Gasteiger partial charge in [0, 0.05) is 6.61 Å². The summed E-state index contributed by atoms with van der Waals surface area (Å²) in [5.41, 5.74) is 0.636. The Labute approximate surface area is 134 Å². The molecule has 0 radical (unpaired) electrons. The van der Waals surface area contributed by atoms with E-state index in [1.807, 2.05) is 0 Å². The molecule has 7 heteroatoms. The molecule has 0 bridgehead atoms. The average molecular weight is 323 g/mol. The van der Waals surface area contributed by atoms with Gasteiger partial charge in [-0.25, -0.2) is 0 Å². The first-order valence-corrected chi connectivity index (χ1v) is 7.41. The van der Waals surface area contributed by atoms with E-state index in [0.29, 0.717) is 30.1 Å². The number of carboxylic acids is 1. The van der Waals surface area contributed by atoms with Crippen LogP contribution in [0.2, 0.25) is 0 Å². The van der Waals surface area contributed by atoms with Gasteiger partial charge in [0.2, 0.25) is 5.91 Å². The lowest BCUT2D eigenvalue weighted by Gasteiger charge is -2.20. The minimum atomic E-state index is -1.00. The maximum atomic E-state index is 12.2. The highest BCUT2D eigenvalue weighted by Gasteiger charge is 2.27. The summed E-state index contributed by atoms with van der Waals surface area (Å²) in [7, 11) is 3.02. The Morgan fingerprint density at radius 1 is 1.35 bits per heavy atom. The van der Waals surface area contributed by atoms with Gasteiger partial charge < -0.3 is 24.6 Å². The van der Waals surface area contributed by atoms with Crippen LogP contribution in [0, 0.1) is 0 Å². The van der Waals surface area contributed by atoms with E-state index in [9.17, 15) is 9.59 Å². The van der Waals surface area contributed by atoms with Gasteiger partial charge in [-0.05, 0) is 30.5 Å². The third-order valence-electron chi connectivity index (χ3n) is 3.73. The van der Waals surface area contributed by atoms with Crippen molar-refractivity contribution in [3.05, 3.63) is 23.8 Å². The van der Waals surface area contributed by atoms with Crippen molar-refractivity contribution in [2.45, 2.75) is 31.4 Å². The molecule has 2 atom stereocenters. The molecule has 1 aromatic carbocycles. The second-order valence-corrected chi connectivity index (χ2v) is 5.28. The largest absolute Gasteiger partial charge is 0.493 e. The highest BCUT2D eigenvalue weighted by Crippen LogP contribution is 2.31. The molecule has 0 spiro atoms. The monoisotopic (exact) mass is 323 g/mol. The molecule has 1 saturated heterocycles. The number of carbonyl (C=O) groups is 2. The Hall–Kier alpha value is -2.28. The molecule has 0 saturated carbocycles. The molecule has 7 nitrogen and oxygen atoms in total. The van der Waals surface area contributed by atoms with E-state index >= 15 is 0 Å². The third kappa shape index (κ3) is 4.35. The van der Waals surface area contributed by atoms with Gasteiger partial charge in [0.25, 0.3) is 0 Å². The van der Waals surface area contributed by atoms with Crippen molar-refractivity contribution in [3.63, 3.8) is 0 Å². The molecule has 1 aliphatic rings. The van der Waals surface area contributed by atoms with Crippen molar-refractivity contribution in [1.82, 2.24) is 5.32 Å². The van der Waals surface area contributed by atoms with Crippen molar-refractivity contribution in [1.29, 1.82) is 0 Å². The van der Waals surface area contributed by atoms with E-state index in [1.165, 1.54) is 14.2 Å². The van der Waals surface area contributed by atoms with Crippen LogP contribution < -0.4 is 14.8 Å². The van der Waals surface area contributed by atoms with E-state index in [1.54, 1.807) is 18.2 Å². The summed E-state index contributed by atoms with van der Waals surface area (Å²) in [5.74, 6) is -0.275. The molecule has 2 rings (SSSR count). The van der Waals surface area contributed by atoms with Gasteiger partial charge in [-0.15, -0.1) is 0 Å². The summed E-state index contributed by atoms with van der Waals surface area (Å²) in [6.07, 6.45) is 0.746. The van der Waals surface area contributed by atoms with Crippen molar-refractivity contribution in [3.8, 4) is 11.5 Å². The van der Waals surface area contributed by atoms with Gasteiger partial charge in [0.15, 0.2) is 11.5 Å². The normalized spacial score (nSPS) is 18.3. The summed E-state index contributed by atoms with van der Waals surface area (Å²) in [5, 5.41) is 11.9. The van der Waals surface area contributed by atoms with Crippen LogP contribution in [0.4, 0.5) is 0 Å². The van der Waals surface area contributed by atoms with Crippen molar-refractivity contribution < 1.29 is 28.9 Å². The number of hydrogen-bond donors (Lipinski definition) is 2. The highest BCUT2D eigenvalue weighted by molar-refractivity contribution is 5.82. The molecule has 2 N–H and O–H groups in total. The number of hydrogen-bond acceptors (Lipinski definition) is 5. The van der Waals surface area contributed by atoms with Gasteiger partial charge in [-0.2, -0.15) is 0 Å². The molecule has 1 heterocycles. The summed E-state index contributed by atoms with van der Waals surface area (Å²) in [4.78, 5) is 23.3. The average Bonchev–Trinajstić information content (AvgIpc) is 3.07. The standard InChI is InChI=1S/C16H21NO6/c1-21-12-6-5-10(8-14(12)22-2)11(9-15(18)19)17-16(20)13-4-3-7-23-13/h5-6,8,11,13H,3-4,7,9H2,1-2H3,(H,17,20)(H,18,19)/t11-,13-/m0/s1. The molecule has 0 aliphatic carbocycles. The molecular weight excluding hydrogens is 302 g/mol. The number of ether oxygens (including phenoxy) is 3. The number of methoxy groups -OCH3 is 2. The minimum absolute atomic E-state index is 0.228. The third-order valence-corrected chi connectivity index (χ3v) is 3.73. The van der Waals surface area contributed by atoms with E-state index in [2.05, 4.69) is 5.32 Å². The number of rotatable bonds is 7. The van der Waals surface area contributed by atoms with Crippen LogP contribution in [0.1, 0.15) is 30.9 Å². The lowest BCUT2D eigenvalue weighted by molar-refractivity contribution is -0.138. The smallest absolute Gasteiger partial charge is 0.305 e. The second-order valence-electron chi connectivity index (χ2n) is 5.28. The molecule has 1 aromatic rings. The summed E-state index contributed by atoms with van der Waals surface area (Å²) >= 11 is 0. The summed E-state index contributed by atoms with van der Waals surface area (Å²) in [6, 6.07) is 4.40. The zero-order valence-electron chi connectivity index (χ0n) is 13.2. The topological polar surface area (TPSA) is 94.1 Å². The number of benzene rings is 1. The van der Waals surface area contributed by atoms with E-state index in [-0.39, 0.29) is 12.3 Å². The Morgan fingerprint density at radius 3 is 2.65 bits per heavy atom. The summed E-state index contributed by atoms with van der Waals surface area (Å²) < 4.78 is 15.7. The van der Waals surface area contributed by atoms with Crippen molar-refractivity contribution >= 4 is 11.9 Å². The van der Waals surface area contributed by atoms with Gasteiger partial charge in [-0.1, -0.05) is 6.07 Å². The fourth-order valence-electron chi connectivity index (χ4n) is 2.55. The quantitative estimate of drug-likeness (QED) is 0.790. The maximum Gasteiger partial charge on any atom is 0.305 e. The van der Waals surface area contributed by atoms with Crippen LogP contribution in [-0.2, 0) is 14.3 Å². The van der Waals surface area contributed by atoms with Crippen LogP contribution >= 0.6 is 0 Å². The highest BCUT2D eigenvalue weighted by atomic mass is 16.5. The van der Waals surface area contributed by atoms with Crippen molar-refractivity contribution in [2.24, 2.45) is 0 Å². The molecule has 0 aromatic heterocycles. The van der Waals surface area contributed by atoms with Gasteiger partial charge >= 0.3 is 5.97 Å². The van der Waals surface area contributed by atoms with Crippen molar-refractivity contribution in [2.75, 3.05) is 20.8 Å². The molecule has 1 fully saturated rings. The fraction of sp³-hybridized carbons (Fsp3) is 0.500. The van der Waals surface area contributed by atoms with E-state index in [4.69, 9.17) is 19.3 Å². The lowest BCUT2D eigenvalue weighted by atomic mass is 10.0. The Kier molecular flexibility index (Phi) is 5.81. The van der Waals surface area contributed by atoms with Crippen LogP contribution in [0.5, 0.6) is 11.5 Å². The van der Waals surface area contributed by atoms with Gasteiger partial charge in [-0.3, -0.25) is 9.59 Å². The summed E-state index contributed by atoms with van der Waals surface area (Å²) in [6.45, 7) is 0.554. The van der Waals surface area contributed by atoms with Crippen LogP contribution in [0.15, 0.2) is 18.2 Å². The number of aliphatic carboxylic acids is 1. The Bertz CT molecular complexity index is 568. The first-order chi connectivity index (χ1) is 11.0. The maximum absolute atomic E-state index is 12.2. The Balaban J connectivity index is 2.20. The number of carboxylic acid groups (broad SMARTS) is 1. The SMILES string of the molecule is COc1ccc([C@H](CC(=O)O)NC(=O)[C@@H]2CCCO2)cc1OC. The molecule has 1 aliphatic heterocycles. The number of carbonyl (C=O) groups excluding carboxylic acids is 1. The zero-order valence-corrected chi connectivity index (χ0v) is 13.2. The van der Waals surface area contributed by atoms with Crippen LogP contribution in [0.3, 0.4) is 0 Å². The molecule has 126 valence electrons. The van der Waals surface area contributed by atoms with Crippen LogP contribution in [0.25, 0.3) is 0 Å². The molecule has 1 amide bonds. The second kappa shape index (κ2) is 7.82. The van der Waals surface area contributed by atoms with E-state index < -0.39 is 18.1 Å². The first-order valence-electron chi connectivity index (χ1n) is 7.41. The number of amides is 1. The predicted molar refractivity (Wildman–Crippen MR) is 81.7 cm³/mol. The number of nitrogens with one attached hydrogen (secondary N) is 1. The first kappa shape index (κ1) is 17.1. The molecule has 0 unspecified atom stereocenters. The minimum Gasteiger partial charge on any atom is -0.493 e. The molecular formula is C16H21NO6. The zero-order chi connectivity index (χ0) is 16.8. The Morgan fingerprint density at radius 2 is 2.09 bits per heavy atom. The lowest BCUT2D eigenvalue weighted by Crippen LogP contribution is -2.37. The van der Waals surface area contributed by atoms with Crippen LogP contribution in [-0.4, -0.2) is 43.9 Å².